The number of para-hydroxylation sites is 2. The highest BCUT2D eigenvalue weighted by Crippen LogP contribution is 2.30. The van der Waals surface area contributed by atoms with Gasteiger partial charge in [-0.2, -0.15) is 0 Å². The molecule has 0 spiro atoms. The van der Waals surface area contributed by atoms with Gasteiger partial charge in [0.05, 0.1) is 16.7 Å². The van der Waals surface area contributed by atoms with E-state index in [1.165, 1.54) is 5.56 Å². The third-order valence-corrected chi connectivity index (χ3v) is 3.90. The molecule has 0 atom stereocenters. The summed E-state index contributed by atoms with van der Waals surface area (Å²) in [5, 5.41) is 5.93. The SMILES string of the molecule is Cl.c1ccc(CNc2c3ccccc3nc3ccccc23)cc1. The van der Waals surface area contributed by atoms with Crippen LogP contribution in [-0.4, -0.2) is 4.98 Å². The Morgan fingerprint density at radius 2 is 1.17 bits per heavy atom. The van der Waals surface area contributed by atoms with Gasteiger partial charge in [-0.15, -0.1) is 12.4 Å². The monoisotopic (exact) mass is 320 g/mol. The molecule has 2 nitrogen and oxygen atoms in total. The van der Waals surface area contributed by atoms with E-state index in [1.807, 2.05) is 18.2 Å². The van der Waals surface area contributed by atoms with Crippen molar-refractivity contribution in [3.63, 3.8) is 0 Å². The second kappa shape index (κ2) is 6.67. The fourth-order valence-corrected chi connectivity index (χ4v) is 2.82. The van der Waals surface area contributed by atoms with E-state index in [2.05, 4.69) is 66.0 Å². The molecule has 1 aromatic heterocycles. The number of hydrogen-bond acceptors (Lipinski definition) is 2. The maximum atomic E-state index is 4.75. The predicted molar refractivity (Wildman–Crippen MR) is 100 cm³/mol. The Morgan fingerprint density at radius 3 is 1.78 bits per heavy atom. The van der Waals surface area contributed by atoms with Crippen LogP contribution in [0.1, 0.15) is 5.56 Å². The van der Waals surface area contributed by atoms with Crippen molar-refractivity contribution < 1.29 is 0 Å². The van der Waals surface area contributed by atoms with Gasteiger partial charge in [0.25, 0.3) is 0 Å². The lowest BCUT2D eigenvalue weighted by molar-refractivity contribution is 1.16. The summed E-state index contributed by atoms with van der Waals surface area (Å²) in [7, 11) is 0. The first kappa shape index (κ1) is 15.3. The van der Waals surface area contributed by atoms with Gasteiger partial charge in [-0.1, -0.05) is 66.7 Å². The molecule has 4 aromatic rings. The van der Waals surface area contributed by atoms with Crippen molar-refractivity contribution in [1.82, 2.24) is 4.98 Å². The van der Waals surface area contributed by atoms with Crippen molar-refractivity contribution in [2.75, 3.05) is 5.32 Å². The van der Waals surface area contributed by atoms with E-state index in [1.54, 1.807) is 0 Å². The maximum absolute atomic E-state index is 4.75. The van der Waals surface area contributed by atoms with Crippen LogP contribution in [0.15, 0.2) is 78.9 Å². The van der Waals surface area contributed by atoms with Crippen molar-refractivity contribution in [3.8, 4) is 0 Å². The summed E-state index contributed by atoms with van der Waals surface area (Å²) < 4.78 is 0. The topological polar surface area (TPSA) is 24.9 Å². The van der Waals surface area contributed by atoms with Gasteiger partial charge in [-0.3, -0.25) is 0 Å². The van der Waals surface area contributed by atoms with Crippen LogP contribution in [0.5, 0.6) is 0 Å². The molecule has 3 aromatic carbocycles. The van der Waals surface area contributed by atoms with E-state index in [4.69, 9.17) is 4.98 Å². The fourth-order valence-electron chi connectivity index (χ4n) is 2.82. The predicted octanol–water partition coefficient (Wildman–Crippen LogP) is 5.42. The highest BCUT2D eigenvalue weighted by Gasteiger charge is 2.08. The molecule has 0 radical (unpaired) electrons. The molecule has 0 aliphatic carbocycles. The Balaban J connectivity index is 0.00000156. The van der Waals surface area contributed by atoms with Crippen LogP contribution in [0.3, 0.4) is 0 Å². The van der Waals surface area contributed by atoms with Crippen LogP contribution >= 0.6 is 12.4 Å². The number of aromatic nitrogens is 1. The minimum absolute atomic E-state index is 0. The van der Waals surface area contributed by atoms with Gasteiger partial charge in [0.2, 0.25) is 0 Å². The molecular weight excluding hydrogens is 304 g/mol. The number of anilines is 1. The van der Waals surface area contributed by atoms with Gasteiger partial charge in [0.15, 0.2) is 0 Å². The summed E-state index contributed by atoms with van der Waals surface area (Å²) in [6, 6.07) is 27.0. The van der Waals surface area contributed by atoms with Crippen molar-refractivity contribution in [1.29, 1.82) is 0 Å². The fraction of sp³-hybridized carbons (Fsp3) is 0.0500. The van der Waals surface area contributed by atoms with E-state index >= 15 is 0 Å². The molecule has 0 fully saturated rings. The lowest BCUT2D eigenvalue weighted by atomic mass is 10.1. The maximum Gasteiger partial charge on any atom is 0.0730 e. The molecule has 0 amide bonds. The first-order chi connectivity index (χ1) is 10.9. The molecule has 3 heteroatoms. The number of fused-ring (bicyclic) bond motifs is 2. The van der Waals surface area contributed by atoms with E-state index in [9.17, 15) is 0 Å². The first-order valence-corrected chi connectivity index (χ1v) is 7.47. The Morgan fingerprint density at radius 1 is 0.652 bits per heavy atom. The smallest absolute Gasteiger partial charge is 0.0730 e. The highest BCUT2D eigenvalue weighted by atomic mass is 35.5. The number of halogens is 1. The van der Waals surface area contributed by atoms with E-state index in [0.29, 0.717) is 0 Å². The summed E-state index contributed by atoms with van der Waals surface area (Å²) in [6.45, 7) is 0.804. The molecule has 0 saturated carbocycles. The Kier molecular flexibility index (Phi) is 4.45. The first-order valence-electron chi connectivity index (χ1n) is 7.47. The summed E-state index contributed by atoms with van der Waals surface area (Å²) >= 11 is 0. The summed E-state index contributed by atoms with van der Waals surface area (Å²) in [5.74, 6) is 0. The van der Waals surface area contributed by atoms with E-state index in [0.717, 1.165) is 34.0 Å². The number of hydrogen-bond donors (Lipinski definition) is 1. The number of nitrogens with one attached hydrogen (secondary N) is 1. The van der Waals surface area contributed by atoms with Crippen LogP contribution < -0.4 is 5.32 Å². The highest BCUT2D eigenvalue weighted by molar-refractivity contribution is 6.07. The zero-order valence-corrected chi connectivity index (χ0v) is 13.4. The van der Waals surface area contributed by atoms with E-state index in [-0.39, 0.29) is 12.4 Å². The molecule has 4 rings (SSSR count). The van der Waals surface area contributed by atoms with Crippen molar-refractivity contribution in [2.45, 2.75) is 6.54 Å². The normalized spacial score (nSPS) is 10.4. The molecule has 114 valence electrons. The minimum Gasteiger partial charge on any atom is -0.380 e. The molecule has 0 aliphatic heterocycles. The summed E-state index contributed by atoms with van der Waals surface area (Å²) in [6.07, 6.45) is 0. The molecule has 0 bridgehead atoms. The Bertz CT molecular complexity index is 882. The molecule has 1 N–H and O–H groups in total. The van der Waals surface area contributed by atoms with Gasteiger partial charge < -0.3 is 5.32 Å². The number of rotatable bonds is 3. The van der Waals surface area contributed by atoms with Crippen molar-refractivity contribution in [3.05, 3.63) is 84.4 Å². The lowest BCUT2D eigenvalue weighted by Gasteiger charge is -2.13. The molecule has 0 aliphatic rings. The average Bonchev–Trinajstić information content (AvgIpc) is 2.59. The second-order valence-electron chi connectivity index (χ2n) is 5.36. The number of nitrogens with zero attached hydrogens (tertiary/aromatic N) is 1. The van der Waals surface area contributed by atoms with Crippen LogP contribution in [0.25, 0.3) is 21.8 Å². The van der Waals surface area contributed by atoms with Crippen LogP contribution in [0, 0.1) is 0 Å². The second-order valence-corrected chi connectivity index (χ2v) is 5.36. The molecule has 0 unspecified atom stereocenters. The van der Waals surface area contributed by atoms with Gasteiger partial charge in [0, 0.05) is 17.3 Å². The summed E-state index contributed by atoms with van der Waals surface area (Å²) in [4.78, 5) is 4.75. The number of pyridine rings is 1. The van der Waals surface area contributed by atoms with Crippen LogP contribution in [0.4, 0.5) is 5.69 Å². The van der Waals surface area contributed by atoms with Gasteiger partial charge in [-0.25, -0.2) is 4.98 Å². The molecule has 23 heavy (non-hydrogen) atoms. The number of benzene rings is 3. The largest absolute Gasteiger partial charge is 0.380 e. The Hall–Kier alpha value is -2.58. The van der Waals surface area contributed by atoms with E-state index < -0.39 is 0 Å². The Labute approximate surface area is 141 Å². The summed E-state index contributed by atoms with van der Waals surface area (Å²) in [5.41, 5.74) is 4.48. The minimum atomic E-state index is 0. The van der Waals surface area contributed by atoms with Gasteiger partial charge in [-0.05, 0) is 17.7 Å². The third-order valence-electron chi connectivity index (χ3n) is 3.90. The van der Waals surface area contributed by atoms with Crippen molar-refractivity contribution >= 4 is 39.9 Å². The third kappa shape index (κ3) is 2.99. The van der Waals surface area contributed by atoms with Crippen LogP contribution in [-0.2, 0) is 6.54 Å². The molecular formula is C20H17ClN2. The van der Waals surface area contributed by atoms with Crippen molar-refractivity contribution in [2.24, 2.45) is 0 Å². The lowest BCUT2D eigenvalue weighted by Crippen LogP contribution is -2.01. The average molecular weight is 321 g/mol. The van der Waals surface area contributed by atoms with Gasteiger partial charge in [0.1, 0.15) is 0 Å². The molecule has 1 heterocycles. The standard InChI is InChI=1S/C20H16N2.ClH/c1-2-8-15(9-3-1)14-21-20-16-10-4-6-12-18(16)22-19-13-7-5-11-17(19)20;/h1-13H,14H2,(H,21,22);1H. The quantitative estimate of drug-likeness (QED) is 0.510. The molecule has 0 saturated heterocycles. The van der Waals surface area contributed by atoms with Gasteiger partial charge >= 0.3 is 0 Å². The van der Waals surface area contributed by atoms with Crippen LogP contribution in [0.2, 0.25) is 0 Å². The zero-order chi connectivity index (χ0) is 14.8. The zero-order valence-electron chi connectivity index (χ0n) is 12.6.